The van der Waals surface area contributed by atoms with Crippen molar-refractivity contribution in [3.8, 4) is 22.9 Å². The summed E-state index contributed by atoms with van der Waals surface area (Å²) in [6.45, 7) is 2.57. The van der Waals surface area contributed by atoms with Gasteiger partial charge in [0.2, 0.25) is 6.79 Å². The fourth-order valence-corrected chi connectivity index (χ4v) is 2.93. The third-order valence-corrected chi connectivity index (χ3v) is 4.21. The Bertz CT molecular complexity index is 1010. The topological polar surface area (TPSA) is 74.1 Å². The van der Waals surface area contributed by atoms with Gasteiger partial charge < -0.3 is 18.8 Å². The summed E-state index contributed by atoms with van der Waals surface area (Å²) in [5.41, 5.74) is 4.56. The number of rotatable bonds is 6. The van der Waals surface area contributed by atoms with Gasteiger partial charge >= 0.3 is 0 Å². The van der Waals surface area contributed by atoms with E-state index in [4.69, 9.17) is 14.2 Å². The van der Waals surface area contributed by atoms with E-state index in [-0.39, 0.29) is 12.7 Å². The normalized spacial score (nSPS) is 12.3. The third-order valence-electron chi connectivity index (χ3n) is 4.21. The van der Waals surface area contributed by atoms with Crippen LogP contribution >= 0.6 is 0 Å². The Morgan fingerprint density at radius 3 is 2.71 bits per heavy atom. The predicted octanol–water partition coefficient (Wildman–Crippen LogP) is 3.37. The molecule has 7 nitrogen and oxygen atoms in total. The Morgan fingerprint density at radius 1 is 1.18 bits per heavy atom. The van der Waals surface area contributed by atoms with Crippen molar-refractivity contribution >= 4 is 12.1 Å². The molecule has 7 heteroatoms. The molecule has 0 atom stereocenters. The quantitative estimate of drug-likeness (QED) is 0.528. The third kappa shape index (κ3) is 3.55. The largest absolute Gasteiger partial charge is 0.493 e. The minimum atomic E-state index is -0.306. The molecule has 1 aliphatic rings. The number of hydrogen-bond acceptors (Lipinski definition) is 5. The van der Waals surface area contributed by atoms with Gasteiger partial charge in [0.15, 0.2) is 11.5 Å². The van der Waals surface area contributed by atoms with Crippen LogP contribution in [0.5, 0.6) is 17.2 Å². The molecule has 3 aromatic rings. The molecule has 1 aromatic heterocycles. The number of benzene rings is 2. The summed E-state index contributed by atoms with van der Waals surface area (Å²) in [5.74, 6) is 1.55. The molecule has 1 amide bonds. The van der Waals surface area contributed by atoms with Gasteiger partial charge in [0.1, 0.15) is 5.75 Å². The molecule has 0 radical (unpaired) electrons. The summed E-state index contributed by atoms with van der Waals surface area (Å²) in [4.78, 5) is 12.6. The number of fused-ring (bicyclic) bond motifs is 1. The molecule has 0 saturated heterocycles. The van der Waals surface area contributed by atoms with Crippen LogP contribution in [0.2, 0.25) is 0 Å². The van der Waals surface area contributed by atoms with Gasteiger partial charge in [-0.3, -0.25) is 4.79 Å². The van der Waals surface area contributed by atoms with Crippen LogP contribution in [-0.2, 0) is 0 Å². The minimum Gasteiger partial charge on any atom is -0.493 e. The monoisotopic (exact) mass is 377 g/mol. The molecule has 2 aromatic carbocycles. The first-order valence-corrected chi connectivity index (χ1v) is 8.88. The van der Waals surface area contributed by atoms with Crippen molar-refractivity contribution in [1.29, 1.82) is 0 Å². The second kappa shape index (κ2) is 7.87. The van der Waals surface area contributed by atoms with Crippen molar-refractivity contribution in [3.05, 3.63) is 72.1 Å². The number of hydrazone groups is 1. The highest BCUT2D eigenvalue weighted by molar-refractivity contribution is 5.98. The molecule has 0 bridgehead atoms. The van der Waals surface area contributed by atoms with Gasteiger partial charge in [-0.15, -0.1) is 0 Å². The Hall–Kier alpha value is -3.74. The summed E-state index contributed by atoms with van der Waals surface area (Å²) in [6.07, 6.45) is 5.30. The Kier molecular flexibility index (Phi) is 4.97. The summed E-state index contributed by atoms with van der Waals surface area (Å²) < 4.78 is 18.3. The maximum atomic E-state index is 12.6. The van der Waals surface area contributed by atoms with Gasteiger partial charge in [0.05, 0.1) is 24.1 Å². The minimum absolute atomic E-state index is 0.175. The molecule has 0 aliphatic carbocycles. The summed E-state index contributed by atoms with van der Waals surface area (Å²) >= 11 is 0. The Morgan fingerprint density at radius 2 is 1.93 bits per heavy atom. The van der Waals surface area contributed by atoms with Crippen molar-refractivity contribution in [2.24, 2.45) is 5.10 Å². The average Bonchev–Trinajstić information content (AvgIpc) is 3.40. The number of nitrogens with one attached hydrogen (secondary N) is 1. The zero-order valence-electron chi connectivity index (χ0n) is 15.3. The van der Waals surface area contributed by atoms with E-state index in [2.05, 4.69) is 10.5 Å². The lowest BCUT2D eigenvalue weighted by molar-refractivity contribution is 0.0955. The lowest BCUT2D eigenvalue weighted by atomic mass is 10.1. The van der Waals surface area contributed by atoms with Crippen LogP contribution in [0.1, 0.15) is 22.8 Å². The first-order valence-electron chi connectivity index (χ1n) is 8.88. The molecule has 0 unspecified atom stereocenters. The molecule has 0 saturated carbocycles. The summed E-state index contributed by atoms with van der Waals surface area (Å²) in [7, 11) is 0. The standard InChI is InChI=1S/C21H19N3O4/c1-2-26-18-12-20-19(27-14-28-20)11-15(18)13-22-23-21(25)16-7-3-4-8-17(16)24-9-5-6-10-24/h3-13H,2,14H2,1H3,(H,23,25)/b22-13+. The maximum absolute atomic E-state index is 12.6. The Labute approximate surface area is 162 Å². The Balaban J connectivity index is 1.54. The number of carbonyl (C=O) groups excluding carboxylic acids is 1. The van der Waals surface area contributed by atoms with E-state index >= 15 is 0 Å². The molecule has 0 spiro atoms. The smallest absolute Gasteiger partial charge is 0.273 e. The molecular formula is C21H19N3O4. The number of ether oxygens (including phenoxy) is 3. The molecule has 28 heavy (non-hydrogen) atoms. The van der Waals surface area contributed by atoms with E-state index in [1.165, 1.54) is 6.21 Å². The zero-order chi connectivity index (χ0) is 19.3. The van der Waals surface area contributed by atoms with Gasteiger partial charge in [-0.2, -0.15) is 5.10 Å². The first-order chi connectivity index (χ1) is 13.8. The van der Waals surface area contributed by atoms with Crippen LogP contribution in [-0.4, -0.2) is 30.1 Å². The second-order valence-corrected chi connectivity index (χ2v) is 5.98. The van der Waals surface area contributed by atoms with E-state index in [0.717, 1.165) is 5.69 Å². The number of aromatic nitrogens is 1. The molecular weight excluding hydrogens is 358 g/mol. The van der Waals surface area contributed by atoms with Crippen LogP contribution in [0, 0.1) is 0 Å². The molecule has 142 valence electrons. The van der Waals surface area contributed by atoms with E-state index < -0.39 is 0 Å². The SMILES string of the molecule is CCOc1cc2c(cc1/C=N/NC(=O)c1ccccc1-n1cccc1)OCO2. The summed E-state index contributed by atoms with van der Waals surface area (Å²) in [6, 6.07) is 14.7. The molecule has 4 rings (SSSR count). The van der Waals surface area contributed by atoms with Gasteiger partial charge in [0, 0.05) is 24.0 Å². The number of carbonyl (C=O) groups is 1. The van der Waals surface area contributed by atoms with E-state index in [0.29, 0.717) is 35.0 Å². The second-order valence-electron chi connectivity index (χ2n) is 5.98. The van der Waals surface area contributed by atoms with Crippen molar-refractivity contribution in [3.63, 3.8) is 0 Å². The first kappa shape index (κ1) is 17.7. The molecule has 1 N–H and O–H groups in total. The van der Waals surface area contributed by atoms with E-state index in [1.54, 1.807) is 18.2 Å². The highest BCUT2D eigenvalue weighted by Gasteiger charge is 2.17. The van der Waals surface area contributed by atoms with Crippen LogP contribution in [0.4, 0.5) is 0 Å². The average molecular weight is 377 g/mol. The van der Waals surface area contributed by atoms with Gasteiger partial charge in [-0.05, 0) is 37.3 Å². The van der Waals surface area contributed by atoms with Crippen LogP contribution in [0.15, 0.2) is 66.0 Å². The van der Waals surface area contributed by atoms with Crippen molar-refractivity contribution < 1.29 is 19.0 Å². The van der Waals surface area contributed by atoms with E-state index in [9.17, 15) is 4.79 Å². The van der Waals surface area contributed by atoms with Gasteiger partial charge in [0.25, 0.3) is 5.91 Å². The molecule has 1 aliphatic heterocycles. The predicted molar refractivity (Wildman–Crippen MR) is 105 cm³/mol. The number of hydrogen-bond donors (Lipinski definition) is 1. The number of amides is 1. The lowest BCUT2D eigenvalue weighted by Crippen LogP contribution is -2.19. The lowest BCUT2D eigenvalue weighted by Gasteiger charge is -2.10. The van der Waals surface area contributed by atoms with Crippen molar-refractivity contribution in [2.75, 3.05) is 13.4 Å². The van der Waals surface area contributed by atoms with Crippen LogP contribution in [0.3, 0.4) is 0 Å². The fourth-order valence-electron chi connectivity index (χ4n) is 2.93. The van der Waals surface area contributed by atoms with Crippen LogP contribution in [0.25, 0.3) is 5.69 Å². The highest BCUT2D eigenvalue weighted by atomic mass is 16.7. The van der Waals surface area contributed by atoms with Crippen molar-refractivity contribution in [2.45, 2.75) is 6.92 Å². The number of nitrogens with zero attached hydrogens (tertiary/aromatic N) is 2. The summed E-state index contributed by atoms with van der Waals surface area (Å²) in [5, 5.41) is 4.10. The number of para-hydroxylation sites is 1. The van der Waals surface area contributed by atoms with E-state index in [1.807, 2.05) is 54.2 Å². The van der Waals surface area contributed by atoms with Gasteiger partial charge in [-0.1, -0.05) is 12.1 Å². The molecule has 2 heterocycles. The van der Waals surface area contributed by atoms with Gasteiger partial charge in [-0.25, -0.2) is 5.43 Å². The fraction of sp³-hybridized carbons (Fsp3) is 0.143. The van der Waals surface area contributed by atoms with Crippen molar-refractivity contribution in [1.82, 2.24) is 9.99 Å². The highest BCUT2D eigenvalue weighted by Crippen LogP contribution is 2.37. The molecule has 0 fully saturated rings. The zero-order valence-corrected chi connectivity index (χ0v) is 15.3. The maximum Gasteiger partial charge on any atom is 0.273 e. The van der Waals surface area contributed by atoms with Crippen LogP contribution < -0.4 is 19.6 Å².